The Labute approximate surface area is 723 Å². The minimum Gasteiger partial charge on any atom is -0.399 e. The number of nitrogens with zero attached hydrogens (tertiary/aromatic N) is 3. The van der Waals surface area contributed by atoms with Crippen LogP contribution < -0.4 is 20.2 Å². The van der Waals surface area contributed by atoms with Gasteiger partial charge in [-0.1, -0.05) is 298 Å². The zero-order valence-electron chi connectivity index (χ0n) is 70.7. The Morgan fingerprint density at radius 3 is 0.831 bits per heavy atom. The second kappa shape index (κ2) is 41.3. The molecule has 8 bridgehead atoms. The van der Waals surface area contributed by atoms with Crippen LogP contribution in [0, 0.1) is 0 Å². The molecule has 13 aromatic rings. The Bertz CT molecular complexity index is 5040. The number of benzene rings is 13. The molecule has 602 valence electrons. The molecule has 8 aliphatic carbocycles. The normalized spacial score (nSPS) is 13.8. The van der Waals surface area contributed by atoms with Crippen LogP contribution in [0.4, 0.5) is 51.2 Å². The maximum Gasteiger partial charge on any atom is 0.494 e. The molecule has 1 heterocycles. The van der Waals surface area contributed by atoms with Crippen molar-refractivity contribution in [1.29, 1.82) is 0 Å². The van der Waals surface area contributed by atoms with Gasteiger partial charge in [0.05, 0.1) is 11.2 Å². The van der Waals surface area contributed by atoms with Crippen molar-refractivity contribution in [3.05, 3.63) is 380 Å². The molecule has 0 saturated carbocycles. The Hall–Kier alpha value is -9.80. The first kappa shape index (κ1) is 84.7. The van der Waals surface area contributed by atoms with Gasteiger partial charge in [0, 0.05) is 60.1 Å². The van der Waals surface area contributed by atoms with E-state index in [0.29, 0.717) is 0 Å². The predicted octanol–water partition coefficient (Wildman–Crippen LogP) is 30.8. The lowest BCUT2D eigenvalue weighted by Gasteiger charge is -2.32. The molecule has 9 aliphatic rings. The first-order valence-corrected chi connectivity index (χ1v) is 45.5. The SMILES string of the molecule is Brc1cc2ccc1CCc1ccc(c(Br)c1)CC2.CCCCCCc1ccc(N(c2ccccc2)c2ccc(-c3cc4ccc3CCc3ccc(c(-c5ccc(N(c6ccccc6)c6ccc(CCCCCC)cc6)cc5)c3)CC4)cc2)cc1.CCCCCCc1ccc(N(c2ccccc2)c2ccc(B3OC(C)(C)C(C)(C)O3)cc2)cc1. The minimum atomic E-state index is -0.351. The van der Waals surface area contributed by atoms with Crippen molar-refractivity contribution in [3.63, 3.8) is 0 Å². The lowest BCUT2D eigenvalue weighted by atomic mass is 9.79. The van der Waals surface area contributed by atoms with Crippen LogP contribution in [0.15, 0.2) is 318 Å². The highest BCUT2D eigenvalue weighted by Gasteiger charge is 2.51. The molecule has 0 aromatic heterocycles. The zero-order chi connectivity index (χ0) is 81.6. The van der Waals surface area contributed by atoms with Crippen molar-refractivity contribution in [2.45, 2.75) is 207 Å². The molecule has 0 unspecified atom stereocenters. The van der Waals surface area contributed by atoms with Gasteiger partial charge in [-0.3, -0.25) is 0 Å². The van der Waals surface area contributed by atoms with E-state index >= 15 is 0 Å². The molecule has 0 spiro atoms. The second-order valence-electron chi connectivity index (χ2n) is 33.6. The summed E-state index contributed by atoms with van der Waals surface area (Å²) in [6.07, 6.45) is 27.2. The monoisotopic (exact) mass is 1680 g/mol. The standard InChI is InChI=1S/C64H66N2.C30H38BNO2.C16H14Br2/c1-3-5-7-11-17-49-27-39-59(40-28-49)65(57-19-13-9-14-20-57)61-43-35-55(36-44-61)63-47-51-23-31-53(63)33-25-52-24-32-54(34-26-51)64(48-52)56-37-45-62(46-38-56)66(58-21-15-10-16-22-58)60-41-29-50(30-42-60)18-12-8-6-4-2;1-6-7-8-10-13-24-16-20-27(21-17-24)32(26-14-11-9-12-15-26)28-22-18-25(19-23-28)31-33-29(2,3)30(4,5)34-31;17-15-9-11-1-5-13(15)8-4-12-2-6-14(7-3-11)16(18)10-12/h9-10,13-16,19-24,27-32,35-48H,3-8,11-12,17-18,25-26,33-34H2,1-2H3;9,11-12,14-23H,6-8,10,13H2,1-5H3;1-2,5-6,9-10H,3-4,7-8H2. The summed E-state index contributed by atoms with van der Waals surface area (Å²) in [7, 11) is -0.351. The lowest BCUT2D eigenvalue weighted by Crippen LogP contribution is -2.41. The quantitative estimate of drug-likeness (QED) is 0.0378. The topological polar surface area (TPSA) is 28.2 Å². The van der Waals surface area contributed by atoms with E-state index in [9.17, 15) is 0 Å². The summed E-state index contributed by atoms with van der Waals surface area (Å²) in [5.74, 6) is 0. The van der Waals surface area contributed by atoms with Gasteiger partial charge in [-0.2, -0.15) is 0 Å². The fourth-order valence-electron chi connectivity index (χ4n) is 16.7. The maximum atomic E-state index is 6.24. The maximum absolute atomic E-state index is 6.24. The van der Waals surface area contributed by atoms with Crippen molar-refractivity contribution in [2.75, 3.05) is 14.7 Å². The molecule has 1 saturated heterocycles. The molecule has 0 amide bonds. The molecule has 8 heteroatoms. The van der Waals surface area contributed by atoms with Crippen LogP contribution in [-0.2, 0) is 79.9 Å². The van der Waals surface area contributed by atoms with Crippen LogP contribution in [0.5, 0.6) is 0 Å². The summed E-state index contributed by atoms with van der Waals surface area (Å²) in [5.41, 5.74) is 31.5. The third-order valence-electron chi connectivity index (χ3n) is 24.4. The highest BCUT2D eigenvalue weighted by Crippen LogP contribution is 2.43. The van der Waals surface area contributed by atoms with Crippen LogP contribution >= 0.6 is 31.9 Å². The van der Waals surface area contributed by atoms with E-state index < -0.39 is 0 Å². The summed E-state index contributed by atoms with van der Waals surface area (Å²) in [5, 5.41) is 0. The molecule has 118 heavy (non-hydrogen) atoms. The van der Waals surface area contributed by atoms with E-state index in [4.69, 9.17) is 9.31 Å². The Morgan fingerprint density at radius 1 is 0.271 bits per heavy atom. The molecular weight excluding hydrogens is 1570 g/mol. The number of para-hydroxylation sites is 3. The minimum absolute atomic E-state index is 0.343. The van der Waals surface area contributed by atoms with Gasteiger partial charge in [0.2, 0.25) is 0 Å². The fraction of sp³-hybridized carbons (Fsp3) is 0.291. The average molecular weight is 1680 g/mol. The van der Waals surface area contributed by atoms with E-state index in [-0.39, 0.29) is 18.3 Å². The van der Waals surface area contributed by atoms with Crippen LogP contribution in [0.2, 0.25) is 0 Å². The largest absolute Gasteiger partial charge is 0.494 e. The van der Waals surface area contributed by atoms with Gasteiger partial charge in [0.1, 0.15) is 0 Å². The number of unbranched alkanes of at least 4 members (excludes halogenated alkanes) is 9. The third kappa shape index (κ3) is 22.0. The van der Waals surface area contributed by atoms with Gasteiger partial charge in [0.25, 0.3) is 0 Å². The van der Waals surface area contributed by atoms with Gasteiger partial charge in [-0.15, -0.1) is 0 Å². The molecule has 22 rings (SSSR count). The highest BCUT2D eigenvalue weighted by molar-refractivity contribution is 9.10. The van der Waals surface area contributed by atoms with E-state index in [0.717, 1.165) is 93.2 Å². The number of anilines is 9. The highest BCUT2D eigenvalue weighted by atomic mass is 79.9. The Morgan fingerprint density at radius 2 is 0.534 bits per heavy atom. The van der Waals surface area contributed by atoms with Crippen molar-refractivity contribution < 1.29 is 9.31 Å². The van der Waals surface area contributed by atoms with Gasteiger partial charge in [-0.05, 0) is 328 Å². The first-order chi connectivity index (χ1) is 57.7. The van der Waals surface area contributed by atoms with Crippen molar-refractivity contribution >= 4 is 95.6 Å². The van der Waals surface area contributed by atoms with E-state index in [1.54, 1.807) is 0 Å². The molecule has 13 aromatic carbocycles. The summed E-state index contributed by atoms with van der Waals surface area (Å²) in [6.45, 7) is 15.2. The summed E-state index contributed by atoms with van der Waals surface area (Å²) in [6, 6.07) is 115. The third-order valence-corrected chi connectivity index (χ3v) is 25.9. The Balaban J connectivity index is 0.000000180. The summed E-state index contributed by atoms with van der Waals surface area (Å²) < 4.78 is 15.0. The smallest absolute Gasteiger partial charge is 0.399 e. The lowest BCUT2D eigenvalue weighted by molar-refractivity contribution is 0.00578. The first-order valence-electron chi connectivity index (χ1n) is 43.9. The second-order valence-corrected chi connectivity index (χ2v) is 35.3. The Kier molecular flexibility index (Phi) is 29.6. The summed E-state index contributed by atoms with van der Waals surface area (Å²) >= 11 is 7.39. The molecule has 1 aliphatic heterocycles. The molecular formula is C110H118BBr2N3O2. The average Bonchev–Trinajstić information content (AvgIpc) is 1.58. The molecule has 0 atom stereocenters. The number of halogens is 2. The van der Waals surface area contributed by atoms with Crippen molar-refractivity contribution in [1.82, 2.24) is 0 Å². The number of aryl methyl sites for hydroxylation is 11. The molecule has 5 nitrogen and oxygen atoms in total. The van der Waals surface area contributed by atoms with Gasteiger partial charge < -0.3 is 24.0 Å². The summed E-state index contributed by atoms with van der Waals surface area (Å²) in [4.78, 5) is 7.07. The zero-order valence-corrected chi connectivity index (χ0v) is 73.9. The van der Waals surface area contributed by atoms with Crippen molar-refractivity contribution in [2.24, 2.45) is 0 Å². The van der Waals surface area contributed by atoms with Gasteiger partial charge in [0.15, 0.2) is 0 Å². The van der Waals surface area contributed by atoms with E-state index in [2.05, 4.69) is 404 Å². The van der Waals surface area contributed by atoms with E-state index in [1.807, 2.05) is 0 Å². The number of hydrogen-bond donors (Lipinski definition) is 0. The molecule has 0 N–H and O–H groups in total. The van der Waals surface area contributed by atoms with Crippen LogP contribution in [-0.4, -0.2) is 18.3 Å². The number of rotatable bonds is 27. The van der Waals surface area contributed by atoms with Gasteiger partial charge in [-0.25, -0.2) is 0 Å². The number of hydrogen-bond acceptors (Lipinski definition) is 5. The predicted molar refractivity (Wildman–Crippen MR) is 511 cm³/mol. The van der Waals surface area contributed by atoms with Crippen LogP contribution in [0.1, 0.15) is 187 Å². The van der Waals surface area contributed by atoms with E-state index in [1.165, 1.54) is 204 Å². The van der Waals surface area contributed by atoms with Crippen LogP contribution in [0.3, 0.4) is 0 Å². The molecule has 0 radical (unpaired) electrons. The van der Waals surface area contributed by atoms with Gasteiger partial charge >= 0.3 is 7.12 Å². The van der Waals surface area contributed by atoms with Crippen LogP contribution in [0.25, 0.3) is 22.3 Å². The van der Waals surface area contributed by atoms with Crippen molar-refractivity contribution in [3.8, 4) is 22.3 Å². The molecule has 1 fully saturated rings. The fourth-order valence-corrected chi connectivity index (χ4v) is 17.9.